The van der Waals surface area contributed by atoms with E-state index < -0.39 is 5.60 Å². The van der Waals surface area contributed by atoms with Crippen LogP contribution in [0.15, 0.2) is 0 Å². The molecule has 0 aromatic carbocycles. The Bertz CT molecular complexity index is 340. The Morgan fingerprint density at radius 1 is 1.29 bits per heavy atom. The summed E-state index contributed by atoms with van der Waals surface area (Å²) in [5.74, 6) is 0.543. The van der Waals surface area contributed by atoms with Gasteiger partial charge < -0.3 is 20.6 Å². The molecule has 5 heteroatoms. The van der Waals surface area contributed by atoms with Gasteiger partial charge in [-0.15, -0.1) is 0 Å². The van der Waals surface area contributed by atoms with Crippen molar-refractivity contribution in [1.82, 2.24) is 15.5 Å². The van der Waals surface area contributed by atoms with Crippen molar-refractivity contribution >= 4 is 6.03 Å². The Hall–Kier alpha value is -0.810. The van der Waals surface area contributed by atoms with Crippen molar-refractivity contribution in [3.05, 3.63) is 0 Å². The maximum absolute atomic E-state index is 11.9. The molecule has 5 nitrogen and oxygen atoms in total. The summed E-state index contributed by atoms with van der Waals surface area (Å²) < 4.78 is 0. The SMILES string of the molecule is CC(C)N1CCCC(CNC(=O)NCC2(O)CCCC2)C1. The molecule has 1 aliphatic heterocycles. The summed E-state index contributed by atoms with van der Waals surface area (Å²) >= 11 is 0. The number of likely N-dealkylation sites (tertiary alicyclic amines) is 1. The van der Waals surface area contributed by atoms with Crippen molar-refractivity contribution in [2.24, 2.45) is 5.92 Å². The van der Waals surface area contributed by atoms with Crippen molar-refractivity contribution in [3.63, 3.8) is 0 Å². The fourth-order valence-corrected chi connectivity index (χ4v) is 3.49. The predicted molar refractivity (Wildman–Crippen MR) is 84.3 cm³/mol. The van der Waals surface area contributed by atoms with Gasteiger partial charge in [0.25, 0.3) is 0 Å². The molecule has 2 fully saturated rings. The first-order valence-corrected chi connectivity index (χ1v) is 8.47. The van der Waals surface area contributed by atoms with Gasteiger partial charge >= 0.3 is 6.03 Å². The van der Waals surface area contributed by atoms with Gasteiger partial charge in [-0.25, -0.2) is 4.79 Å². The van der Waals surface area contributed by atoms with Crippen LogP contribution in [0.3, 0.4) is 0 Å². The van der Waals surface area contributed by atoms with Crippen LogP contribution in [0.1, 0.15) is 52.4 Å². The molecule has 3 N–H and O–H groups in total. The average molecular weight is 297 g/mol. The zero-order chi connectivity index (χ0) is 15.3. The second kappa shape index (κ2) is 7.45. The second-order valence-corrected chi connectivity index (χ2v) is 7.09. The quantitative estimate of drug-likeness (QED) is 0.724. The van der Waals surface area contributed by atoms with E-state index in [2.05, 4.69) is 29.4 Å². The number of amides is 2. The van der Waals surface area contributed by atoms with E-state index >= 15 is 0 Å². The molecule has 1 heterocycles. The highest BCUT2D eigenvalue weighted by atomic mass is 16.3. The van der Waals surface area contributed by atoms with Crippen molar-refractivity contribution in [2.75, 3.05) is 26.2 Å². The van der Waals surface area contributed by atoms with Crippen molar-refractivity contribution in [2.45, 2.75) is 64.0 Å². The highest BCUT2D eigenvalue weighted by molar-refractivity contribution is 5.73. The average Bonchev–Trinajstić information content (AvgIpc) is 2.90. The maximum atomic E-state index is 11.9. The number of carbonyl (C=O) groups excluding carboxylic acids is 1. The molecule has 0 aromatic heterocycles. The van der Waals surface area contributed by atoms with Crippen LogP contribution in [-0.4, -0.2) is 53.9 Å². The number of carbonyl (C=O) groups is 1. The lowest BCUT2D eigenvalue weighted by atomic mass is 9.97. The summed E-state index contributed by atoms with van der Waals surface area (Å²) in [6.07, 6.45) is 6.14. The molecule has 2 rings (SSSR count). The third kappa shape index (κ3) is 5.15. The van der Waals surface area contributed by atoms with Crippen LogP contribution in [0, 0.1) is 5.92 Å². The van der Waals surface area contributed by atoms with Gasteiger partial charge in [-0.1, -0.05) is 12.8 Å². The molecule has 1 aliphatic carbocycles. The molecule has 122 valence electrons. The van der Waals surface area contributed by atoms with Gasteiger partial charge in [-0.05, 0) is 52.0 Å². The zero-order valence-electron chi connectivity index (χ0n) is 13.5. The number of hydrogen-bond acceptors (Lipinski definition) is 3. The number of rotatable bonds is 5. The Morgan fingerprint density at radius 3 is 2.67 bits per heavy atom. The normalized spacial score (nSPS) is 26.0. The first kappa shape index (κ1) is 16.6. The first-order valence-electron chi connectivity index (χ1n) is 8.47. The summed E-state index contributed by atoms with van der Waals surface area (Å²) in [4.78, 5) is 14.3. The molecule has 1 atom stereocenters. The molecule has 0 spiro atoms. The Labute approximate surface area is 128 Å². The number of nitrogens with zero attached hydrogens (tertiary/aromatic N) is 1. The Kier molecular flexibility index (Phi) is 5.88. The van der Waals surface area contributed by atoms with E-state index in [4.69, 9.17) is 0 Å². The van der Waals surface area contributed by atoms with Crippen LogP contribution in [0.4, 0.5) is 4.79 Å². The predicted octanol–water partition coefficient (Wildman–Crippen LogP) is 1.71. The molecule has 1 saturated carbocycles. The number of aliphatic hydroxyl groups is 1. The van der Waals surface area contributed by atoms with Gasteiger partial charge in [0.15, 0.2) is 0 Å². The molecule has 1 saturated heterocycles. The van der Waals surface area contributed by atoms with Crippen LogP contribution in [-0.2, 0) is 0 Å². The van der Waals surface area contributed by atoms with Crippen LogP contribution in [0.25, 0.3) is 0 Å². The summed E-state index contributed by atoms with van der Waals surface area (Å²) in [6.45, 7) is 7.81. The van der Waals surface area contributed by atoms with Gasteiger partial charge in [-0.2, -0.15) is 0 Å². The van der Waals surface area contributed by atoms with Gasteiger partial charge in [0.2, 0.25) is 0 Å². The monoisotopic (exact) mass is 297 g/mol. The summed E-state index contributed by atoms with van der Waals surface area (Å²) in [6, 6.07) is 0.440. The van der Waals surface area contributed by atoms with E-state index in [0.29, 0.717) is 18.5 Å². The van der Waals surface area contributed by atoms with E-state index in [9.17, 15) is 9.90 Å². The third-order valence-electron chi connectivity index (χ3n) is 4.94. The molecule has 0 radical (unpaired) electrons. The second-order valence-electron chi connectivity index (χ2n) is 7.09. The lowest BCUT2D eigenvalue weighted by Gasteiger charge is -2.35. The van der Waals surface area contributed by atoms with Crippen LogP contribution >= 0.6 is 0 Å². The molecule has 2 amide bonds. The molecular weight excluding hydrogens is 266 g/mol. The van der Waals surface area contributed by atoms with E-state index in [1.807, 2.05) is 0 Å². The maximum Gasteiger partial charge on any atom is 0.314 e. The molecule has 2 aliphatic rings. The van der Waals surface area contributed by atoms with Crippen LogP contribution in [0.2, 0.25) is 0 Å². The number of hydrogen-bond donors (Lipinski definition) is 3. The molecular formula is C16H31N3O2. The molecule has 1 unspecified atom stereocenters. The molecule has 0 aromatic rings. The third-order valence-corrected chi connectivity index (χ3v) is 4.94. The van der Waals surface area contributed by atoms with Crippen molar-refractivity contribution in [3.8, 4) is 0 Å². The topological polar surface area (TPSA) is 64.6 Å². The minimum absolute atomic E-state index is 0.142. The van der Waals surface area contributed by atoms with Gasteiger partial charge in [-0.3, -0.25) is 0 Å². The van der Waals surface area contributed by atoms with Crippen molar-refractivity contribution < 1.29 is 9.90 Å². The van der Waals surface area contributed by atoms with Gasteiger partial charge in [0.1, 0.15) is 0 Å². The molecule has 21 heavy (non-hydrogen) atoms. The minimum Gasteiger partial charge on any atom is -0.388 e. The standard InChI is InChI=1S/C16H31N3O2/c1-13(2)19-9-5-6-14(11-19)10-17-15(20)18-12-16(21)7-3-4-8-16/h13-14,21H,3-12H2,1-2H3,(H2,17,18,20). The van der Waals surface area contributed by atoms with E-state index in [1.165, 1.54) is 19.4 Å². The first-order chi connectivity index (χ1) is 9.98. The number of piperidine rings is 1. The number of urea groups is 1. The Morgan fingerprint density at radius 2 is 2.00 bits per heavy atom. The van der Waals surface area contributed by atoms with Gasteiger partial charge in [0.05, 0.1) is 5.60 Å². The smallest absolute Gasteiger partial charge is 0.314 e. The lowest BCUT2D eigenvalue weighted by Crippen LogP contribution is -2.48. The fraction of sp³-hybridized carbons (Fsp3) is 0.938. The fourth-order valence-electron chi connectivity index (χ4n) is 3.49. The van der Waals surface area contributed by atoms with Gasteiger partial charge in [0, 0.05) is 25.7 Å². The highest BCUT2D eigenvalue weighted by Crippen LogP contribution is 2.28. The minimum atomic E-state index is -0.670. The van der Waals surface area contributed by atoms with E-state index in [-0.39, 0.29) is 6.03 Å². The highest BCUT2D eigenvalue weighted by Gasteiger charge is 2.31. The van der Waals surface area contributed by atoms with Crippen molar-refractivity contribution in [1.29, 1.82) is 0 Å². The van der Waals surface area contributed by atoms with E-state index in [0.717, 1.165) is 38.8 Å². The lowest BCUT2D eigenvalue weighted by molar-refractivity contribution is 0.0500. The summed E-state index contributed by atoms with van der Waals surface area (Å²) in [5, 5.41) is 16.0. The van der Waals surface area contributed by atoms with E-state index in [1.54, 1.807) is 0 Å². The Balaban J connectivity index is 1.64. The van der Waals surface area contributed by atoms with Crippen LogP contribution in [0.5, 0.6) is 0 Å². The summed E-state index contributed by atoms with van der Waals surface area (Å²) in [5.41, 5.74) is -0.670. The number of nitrogens with one attached hydrogen (secondary N) is 2. The zero-order valence-corrected chi connectivity index (χ0v) is 13.5. The largest absolute Gasteiger partial charge is 0.388 e. The summed E-state index contributed by atoms with van der Waals surface area (Å²) in [7, 11) is 0. The van der Waals surface area contributed by atoms with Crippen LogP contribution < -0.4 is 10.6 Å². The molecule has 0 bridgehead atoms.